The molecule has 0 aliphatic rings. The topological polar surface area (TPSA) is 74.3 Å². The van der Waals surface area contributed by atoms with Gasteiger partial charge in [0, 0.05) is 33.0 Å². The van der Waals surface area contributed by atoms with Crippen LogP contribution in [0, 0.1) is 0 Å². The summed E-state index contributed by atoms with van der Waals surface area (Å²) in [7, 11) is 0. The molecule has 0 saturated carbocycles. The summed E-state index contributed by atoms with van der Waals surface area (Å²) in [5.74, 6) is 1.80. The highest BCUT2D eigenvalue weighted by atomic mass is 15.2. The van der Waals surface area contributed by atoms with Crippen molar-refractivity contribution >= 4 is 43.7 Å². The largest absolute Gasteiger partial charge is 0.307 e. The van der Waals surface area contributed by atoms with E-state index in [0.29, 0.717) is 17.6 Å². The fourth-order valence-electron chi connectivity index (χ4n) is 6.17. The maximum Gasteiger partial charge on any atom is 0.238 e. The van der Waals surface area contributed by atoms with Crippen LogP contribution < -0.4 is 0 Å². The quantitative estimate of drug-likeness (QED) is 0.215. The van der Waals surface area contributed by atoms with Crippen molar-refractivity contribution in [3.8, 4) is 34.4 Å². The number of hydrogen-bond donors (Lipinski definition) is 0. The van der Waals surface area contributed by atoms with Crippen LogP contribution >= 0.6 is 0 Å². The molecular formula is C37H23N7. The Balaban J connectivity index is 1.41. The van der Waals surface area contributed by atoms with Crippen LogP contribution in [0.4, 0.5) is 0 Å². The molecule has 0 aliphatic heterocycles. The lowest BCUT2D eigenvalue weighted by Gasteiger charge is -2.11. The van der Waals surface area contributed by atoms with Gasteiger partial charge in [-0.25, -0.2) is 4.98 Å². The van der Waals surface area contributed by atoms with E-state index in [9.17, 15) is 0 Å². The van der Waals surface area contributed by atoms with E-state index in [4.69, 9.17) is 15.0 Å². The van der Waals surface area contributed by atoms with Crippen LogP contribution in [0.5, 0.6) is 0 Å². The molecular weight excluding hydrogens is 542 g/mol. The number of rotatable bonds is 4. The van der Waals surface area contributed by atoms with Gasteiger partial charge in [0.1, 0.15) is 5.52 Å². The lowest BCUT2D eigenvalue weighted by molar-refractivity contribution is 0.953. The second-order valence-electron chi connectivity index (χ2n) is 10.7. The molecule has 0 N–H and O–H groups in total. The average molecular weight is 566 g/mol. The van der Waals surface area contributed by atoms with E-state index in [1.807, 2.05) is 72.8 Å². The minimum Gasteiger partial charge on any atom is -0.307 e. The molecule has 0 atom stereocenters. The molecule has 0 fully saturated rings. The fraction of sp³-hybridized carbons (Fsp3) is 0. The van der Waals surface area contributed by atoms with Crippen LogP contribution in [0.1, 0.15) is 0 Å². The van der Waals surface area contributed by atoms with Gasteiger partial charge in [-0.2, -0.15) is 15.1 Å². The Kier molecular flexibility index (Phi) is 5.36. The predicted octanol–water partition coefficient (Wildman–Crippen LogP) is 8.19. The van der Waals surface area contributed by atoms with Gasteiger partial charge < -0.3 is 4.57 Å². The van der Waals surface area contributed by atoms with Crippen LogP contribution in [-0.2, 0) is 0 Å². The molecule has 7 heteroatoms. The second kappa shape index (κ2) is 9.68. The highest BCUT2D eigenvalue weighted by molar-refractivity contribution is 6.18. The van der Waals surface area contributed by atoms with Gasteiger partial charge in [0.25, 0.3) is 0 Å². The summed E-state index contributed by atoms with van der Waals surface area (Å²) in [6.07, 6.45) is 1.75. The highest BCUT2D eigenvalue weighted by Crippen LogP contribution is 2.38. The molecule has 44 heavy (non-hydrogen) atoms. The first kappa shape index (κ1) is 24.4. The van der Waals surface area contributed by atoms with Crippen LogP contribution in [0.3, 0.4) is 0 Å². The smallest absolute Gasteiger partial charge is 0.238 e. The standard InChI is InChI=1S/C37H23N7/c1-4-12-24(13-5-1)35-39-36(25-14-6-2-7-15-25)41-37(40-35)44-30-19-11-10-18-27(30)28-22-29-33(23-32(28)44)43(26-16-8-3-9-17-26)31-20-21-38-42-34(29)31/h1-23H. The Morgan fingerprint density at radius 2 is 1.05 bits per heavy atom. The van der Waals surface area contributed by atoms with Gasteiger partial charge in [-0.3, -0.25) is 4.57 Å². The number of aromatic nitrogens is 7. The minimum atomic E-state index is 0.561. The van der Waals surface area contributed by atoms with Crippen molar-refractivity contribution in [3.05, 3.63) is 140 Å². The number of nitrogens with zero attached hydrogens (tertiary/aromatic N) is 7. The van der Waals surface area contributed by atoms with Crippen molar-refractivity contribution in [1.29, 1.82) is 0 Å². The third kappa shape index (κ3) is 3.73. The van der Waals surface area contributed by atoms with E-state index in [0.717, 1.165) is 60.6 Å². The summed E-state index contributed by atoms with van der Waals surface area (Å²) >= 11 is 0. The van der Waals surface area contributed by atoms with Crippen molar-refractivity contribution in [3.63, 3.8) is 0 Å². The molecule has 0 amide bonds. The van der Waals surface area contributed by atoms with Gasteiger partial charge >= 0.3 is 0 Å². The fourth-order valence-corrected chi connectivity index (χ4v) is 6.17. The van der Waals surface area contributed by atoms with Crippen LogP contribution in [0.15, 0.2) is 140 Å². The zero-order valence-electron chi connectivity index (χ0n) is 23.4. The maximum atomic E-state index is 5.09. The van der Waals surface area contributed by atoms with E-state index < -0.39 is 0 Å². The minimum absolute atomic E-state index is 0.561. The molecule has 5 aromatic carbocycles. The van der Waals surface area contributed by atoms with Gasteiger partial charge in [-0.1, -0.05) is 97.1 Å². The Morgan fingerprint density at radius 1 is 0.432 bits per heavy atom. The number of para-hydroxylation sites is 2. The maximum absolute atomic E-state index is 5.09. The van der Waals surface area contributed by atoms with E-state index in [-0.39, 0.29) is 0 Å². The van der Waals surface area contributed by atoms with Crippen molar-refractivity contribution < 1.29 is 0 Å². The number of benzene rings is 5. The van der Waals surface area contributed by atoms with Gasteiger partial charge in [0.15, 0.2) is 11.6 Å². The summed E-state index contributed by atoms with van der Waals surface area (Å²) in [5, 5.41) is 12.1. The Bertz CT molecular complexity index is 2420. The molecule has 0 bridgehead atoms. The number of fused-ring (bicyclic) bond motifs is 6. The number of hydrogen-bond acceptors (Lipinski definition) is 5. The lowest BCUT2D eigenvalue weighted by atomic mass is 10.1. The monoisotopic (exact) mass is 565 g/mol. The Labute approximate surface area is 251 Å². The molecule has 7 nitrogen and oxygen atoms in total. The van der Waals surface area contributed by atoms with Gasteiger partial charge in [0.2, 0.25) is 5.95 Å². The first-order valence-electron chi connectivity index (χ1n) is 14.5. The third-order valence-electron chi connectivity index (χ3n) is 8.13. The zero-order chi connectivity index (χ0) is 29.0. The molecule has 4 aromatic heterocycles. The van der Waals surface area contributed by atoms with Crippen molar-refractivity contribution in [2.45, 2.75) is 0 Å². The van der Waals surface area contributed by atoms with E-state index in [1.54, 1.807) is 6.20 Å². The van der Waals surface area contributed by atoms with E-state index in [1.165, 1.54) is 0 Å². The highest BCUT2D eigenvalue weighted by Gasteiger charge is 2.21. The molecule has 0 unspecified atom stereocenters. The average Bonchev–Trinajstić information content (AvgIpc) is 3.60. The van der Waals surface area contributed by atoms with Gasteiger partial charge in [0.05, 0.1) is 28.3 Å². The summed E-state index contributed by atoms with van der Waals surface area (Å²) in [4.78, 5) is 15.1. The zero-order valence-corrected chi connectivity index (χ0v) is 23.4. The summed E-state index contributed by atoms with van der Waals surface area (Å²) in [6, 6.07) is 45.4. The van der Waals surface area contributed by atoms with Gasteiger partial charge in [-0.15, -0.1) is 5.10 Å². The van der Waals surface area contributed by atoms with Gasteiger partial charge in [-0.05, 0) is 36.4 Å². The molecule has 206 valence electrons. The molecule has 4 heterocycles. The molecule has 9 rings (SSSR count). The second-order valence-corrected chi connectivity index (χ2v) is 10.7. The SMILES string of the molecule is c1ccc(-c2nc(-c3ccccc3)nc(-n3c4ccccc4c4cc5c6nnccc6n(-c6ccccc6)c5cc43)n2)cc1. The third-order valence-corrected chi connectivity index (χ3v) is 8.13. The molecule has 0 saturated heterocycles. The van der Waals surface area contributed by atoms with E-state index in [2.05, 4.69) is 80.0 Å². The molecule has 0 aliphatic carbocycles. The van der Waals surface area contributed by atoms with Crippen LogP contribution in [0.25, 0.3) is 78.2 Å². The van der Waals surface area contributed by atoms with Crippen molar-refractivity contribution in [1.82, 2.24) is 34.3 Å². The predicted molar refractivity (Wildman–Crippen MR) is 175 cm³/mol. The summed E-state index contributed by atoms with van der Waals surface area (Å²) in [5.41, 5.74) is 7.82. The first-order valence-corrected chi connectivity index (χ1v) is 14.5. The van der Waals surface area contributed by atoms with Crippen molar-refractivity contribution in [2.75, 3.05) is 0 Å². The molecule has 9 aromatic rings. The van der Waals surface area contributed by atoms with Crippen LogP contribution in [0.2, 0.25) is 0 Å². The molecule has 0 spiro atoms. The Morgan fingerprint density at radius 3 is 1.75 bits per heavy atom. The van der Waals surface area contributed by atoms with E-state index >= 15 is 0 Å². The molecule has 0 radical (unpaired) electrons. The lowest BCUT2D eigenvalue weighted by Crippen LogP contribution is -2.06. The van der Waals surface area contributed by atoms with Crippen molar-refractivity contribution in [2.24, 2.45) is 0 Å². The Hall–Kier alpha value is -6.21. The summed E-state index contributed by atoms with van der Waals surface area (Å²) in [6.45, 7) is 0. The summed E-state index contributed by atoms with van der Waals surface area (Å²) < 4.78 is 4.41. The first-order chi connectivity index (χ1) is 21.8. The van der Waals surface area contributed by atoms with Crippen LogP contribution in [-0.4, -0.2) is 34.3 Å². The normalized spacial score (nSPS) is 11.6.